The highest BCUT2D eigenvalue weighted by Gasteiger charge is 2.20. The molecule has 3 heteroatoms. The minimum absolute atomic E-state index is 0.0894. The monoisotopic (exact) mass is 296 g/mol. The summed E-state index contributed by atoms with van der Waals surface area (Å²) in [6.45, 7) is 8.18. The third-order valence-electron chi connectivity index (χ3n) is 4.54. The Hall–Kier alpha value is -2.29. The summed E-state index contributed by atoms with van der Waals surface area (Å²) in [4.78, 5) is 13.0. The molecule has 0 aromatic heterocycles. The van der Waals surface area contributed by atoms with Crippen molar-refractivity contribution in [1.29, 1.82) is 0 Å². The smallest absolute Gasteiger partial charge is 0.193 e. The van der Waals surface area contributed by atoms with Crippen molar-refractivity contribution >= 4 is 17.2 Å². The van der Waals surface area contributed by atoms with Gasteiger partial charge in [-0.25, -0.2) is 0 Å². The molecule has 2 rings (SSSR count). The molecule has 0 bridgehead atoms. The molecular formula is C19H24N2O. The van der Waals surface area contributed by atoms with E-state index < -0.39 is 0 Å². The third kappa shape index (κ3) is 2.59. The van der Waals surface area contributed by atoms with Gasteiger partial charge in [0.15, 0.2) is 5.78 Å². The van der Waals surface area contributed by atoms with Crippen molar-refractivity contribution in [1.82, 2.24) is 0 Å². The zero-order chi connectivity index (χ0) is 16.4. The van der Waals surface area contributed by atoms with Crippen molar-refractivity contribution in [3.05, 3.63) is 57.6 Å². The van der Waals surface area contributed by atoms with E-state index in [1.165, 1.54) is 0 Å². The number of hydrogen-bond donors (Lipinski definition) is 2. The van der Waals surface area contributed by atoms with Crippen molar-refractivity contribution in [3.63, 3.8) is 0 Å². The van der Waals surface area contributed by atoms with Crippen molar-refractivity contribution in [2.45, 2.75) is 27.7 Å². The fourth-order valence-electron chi connectivity index (χ4n) is 2.96. The van der Waals surface area contributed by atoms with Crippen LogP contribution in [0.3, 0.4) is 0 Å². The number of carbonyl (C=O) groups is 1. The molecule has 116 valence electrons. The largest absolute Gasteiger partial charge is 0.388 e. The van der Waals surface area contributed by atoms with Crippen LogP contribution < -0.4 is 10.6 Å². The molecule has 0 saturated heterocycles. The molecule has 0 saturated carbocycles. The maximum absolute atomic E-state index is 13.0. The zero-order valence-electron chi connectivity index (χ0n) is 14.2. The SMILES string of the molecule is CNc1ccc(C(=O)c2c(C)c(C)c(NC)c(C)c2C)cc1. The first-order valence-corrected chi connectivity index (χ1v) is 7.53. The second kappa shape index (κ2) is 6.22. The Morgan fingerprint density at radius 3 is 1.68 bits per heavy atom. The van der Waals surface area contributed by atoms with Crippen LogP contribution in [-0.4, -0.2) is 19.9 Å². The fraction of sp³-hybridized carbons (Fsp3) is 0.316. The fourth-order valence-corrected chi connectivity index (χ4v) is 2.96. The van der Waals surface area contributed by atoms with Crippen LogP contribution in [-0.2, 0) is 0 Å². The third-order valence-corrected chi connectivity index (χ3v) is 4.54. The van der Waals surface area contributed by atoms with Crippen molar-refractivity contribution in [2.75, 3.05) is 24.7 Å². The van der Waals surface area contributed by atoms with Gasteiger partial charge in [0.25, 0.3) is 0 Å². The Morgan fingerprint density at radius 2 is 1.27 bits per heavy atom. The minimum atomic E-state index is 0.0894. The van der Waals surface area contributed by atoms with E-state index in [-0.39, 0.29) is 5.78 Å². The van der Waals surface area contributed by atoms with Crippen LogP contribution in [0.2, 0.25) is 0 Å². The Balaban J connectivity index is 2.58. The van der Waals surface area contributed by atoms with Gasteiger partial charge in [0, 0.05) is 36.6 Å². The quantitative estimate of drug-likeness (QED) is 0.829. The average molecular weight is 296 g/mol. The molecule has 0 unspecified atom stereocenters. The van der Waals surface area contributed by atoms with Crippen LogP contribution in [0.25, 0.3) is 0 Å². The van der Waals surface area contributed by atoms with Crippen LogP contribution in [0, 0.1) is 27.7 Å². The summed E-state index contributed by atoms with van der Waals surface area (Å²) in [5.41, 5.74) is 8.05. The molecule has 2 aromatic rings. The molecule has 0 heterocycles. The molecule has 2 aromatic carbocycles. The lowest BCUT2D eigenvalue weighted by molar-refractivity contribution is 0.103. The Labute approximate surface area is 132 Å². The number of hydrogen-bond acceptors (Lipinski definition) is 3. The van der Waals surface area contributed by atoms with E-state index in [1.807, 2.05) is 52.2 Å². The second-order valence-corrected chi connectivity index (χ2v) is 5.66. The maximum atomic E-state index is 13.0. The van der Waals surface area contributed by atoms with E-state index in [9.17, 15) is 4.79 Å². The summed E-state index contributed by atoms with van der Waals surface area (Å²) >= 11 is 0. The van der Waals surface area contributed by atoms with Gasteiger partial charge >= 0.3 is 0 Å². The second-order valence-electron chi connectivity index (χ2n) is 5.66. The van der Waals surface area contributed by atoms with Crippen LogP contribution in [0.4, 0.5) is 11.4 Å². The number of benzene rings is 2. The highest BCUT2D eigenvalue weighted by Crippen LogP contribution is 2.31. The van der Waals surface area contributed by atoms with E-state index in [2.05, 4.69) is 24.5 Å². The van der Waals surface area contributed by atoms with Gasteiger partial charge in [-0.15, -0.1) is 0 Å². The highest BCUT2D eigenvalue weighted by atomic mass is 16.1. The number of nitrogens with one attached hydrogen (secondary N) is 2. The minimum Gasteiger partial charge on any atom is -0.388 e. The van der Waals surface area contributed by atoms with E-state index in [0.717, 1.165) is 44.8 Å². The average Bonchev–Trinajstić information content (AvgIpc) is 2.54. The summed E-state index contributed by atoms with van der Waals surface area (Å²) in [5, 5.41) is 6.32. The Kier molecular flexibility index (Phi) is 4.55. The number of ketones is 1. The van der Waals surface area contributed by atoms with Crippen LogP contribution in [0.5, 0.6) is 0 Å². The Morgan fingerprint density at radius 1 is 0.773 bits per heavy atom. The number of rotatable bonds is 4. The molecule has 0 radical (unpaired) electrons. The Bertz CT molecular complexity index is 686. The van der Waals surface area contributed by atoms with Gasteiger partial charge in [-0.3, -0.25) is 4.79 Å². The normalized spacial score (nSPS) is 10.5. The first-order chi connectivity index (χ1) is 10.4. The lowest BCUT2D eigenvalue weighted by Crippen LogP contribution is -2.11. The van der Waals surface area contributed by atoms with Crippen LogP contribution >= 0.6 is 0 Å². The van der Waals surface area contributed by atoms with Crippen molar-refractivity contribution < 1.29 is 4.79 Å². The van der Waals surface area contributed by atoms with Crippen LogP contribution in [0.15, 0.2) is 24.3 Å². The summed E-state index contributed by atoms with van der Waals surface area (Å²) < 4.78 is 0. The lowest BCUT2D eigenvalue weighted by atomic mass is 9.88. The molecule has 3 nitrogen and oxygen atoms in total. The lowest BCUT2D eigenvalue weighted by Gasteiger charge is -2.19. The van der Waals surface area contributed by atoms with Gasteiger partial charge in [-0.1, -0.05) is 0 Å². The molecule has 0 aliphatic rings. The molecule has 0 aliphatic heterocycles. The molecule has 22 heavy (non-hydrogen) atoms. The number of anilines is 2. The topological polar surface area (TPSA) is 41.1 Å². The maximum Gasteiger partial charge on any atom is 0.193 e. The molecular weight excluding hydrogens is 272 g/mol. The summed E-state index contributed by atoms with van der Waals surface area (Å²) in [6, 6.07) is 7.62. The summed E-state index contributed by atoms with van der Waals surface area (Å²) in [6.07, 6.45) is 0. The van der Waals surface area contributed by atoms with Crippen LogP contribution in [0.1, 0.15) is 38.2 Å². The van der Waals surface area contributed by atoms with E-state index >= 15 is 0 Å². The first kappa shape index (κ1) is 16.1. The van der Waals surface area contributed by atoms with Gasteiger partial charge in [-0.2, -0.15) is 0 Å². The van der Waals surface area contributed by atoms with E-state index in [1.54, 1.807) is 0 Å². The van der Waals surface area contributed by atoms with Gasteiger partial charge < -0.3 is 10.6 Å². The molecule has 0 fully saturated rings. The summed E-state index contributed by atoms with van der Waals surface area (Å²) in [5.74, 6) is 0.0894. The molecule has 0 aliphatic carbocycles. The molecule has 0 amide bonds. The van der Waals surface area contributed by atoms with E-state index in [0.29, 0.717) is 0 Å². The molecule has 2 N–H and O–H groups in total. The van der Waals surface area contributed by atoms with Gasteiger partial charge in [0.1, 0.15) is 0 Å². The zero-order valence-corrected chi connectivity index (χ0v) is 14.2. The van der Waals surface area contributed by atoms with Crippen molar-refractivity contribution in [2.24, 2.45) is 0 Å². The van der Waals surface area contributed by atoms with E-state index in [4.69, 9.17) is 0 Å². The predicted molar refractivity (Wildman–Crippen MR) is 94.4 cm³/mol. The van der Waals surface area contributed by atoms with Gasteiger partial charge in [0.2, 0.25) is 0 Å². The van der Waals surface area contributed by atoms with Gasteiger partial charge in [-0.05, 0) is 74.2 Å². The molecule has 0 spiro atoms. The van der Waals surface area contributed by atoms with Crippen molar-refractivity contribution in [3.8, 4) is 0 Å². The number of carbonyl (C=O) groups excluding carboxylic acids is 1. The van der Waals surface area contributed by atoms with Gasteiger partial charge in [0.05, 0.1) is 0 Å². The highest BCUT2D eigenvalue weighted by molar-refractivity contribution is 6.11. The summed E-state index contributed by atoms with van der Waals surface area (Å²) in [7, 11) is 3.79. The first-order valence-electron chi connectivity index (χ1n) is 7.53. The predicted octanol–water partition coefficient (Wildman–Crippen LogP) is 4.23. The molecule has 0 atom stereocenters. The standard InChI is InChI=1S/C19H24N2O/c1-11-13(3)18(21-6)14(4)12(2)17(11)19(22)15-7-9-16(20-5)10-8-15/h7-10,20-21H,1-6H3.